The first-order valence-corrected chi connectivity index (χ1v) is 13.8. The summed E-state index contributed by atoms with van der Waals surface area (Å²) in [5.41, 5.74) is 7.83. The van der Waals surface area contributed by atoms with Crippen molar-refractivity contribution in [3.8, 4) is 17.1 Å². The molecular formula is C31H30BrN5O. The number of halogens is 1. The number of ether oxygens (including phenoxy) is 1. The molecule has 1 N–H and O–H groups in total. The van der Waals surface area contributed by atoms with E-state index in [2.05, 4.69) is 91.5 Å². The normalized spacial score (nSPS) is 18.2. The van der Waals surface area contributed by atoms with Crippen LogP contribution in [0.5, 0.6) is 0 Å². The number of nitrogens with zero attached hydrogens (tertiary/aromatic N) is 4. The molecule has 1 aliphatic heterocycles. The average molecular weight is 569 g/mol. The van der Waals surface area contributed by atoms with Crippen molar-refractivity contribution in [2.75, 3.05) is 12.4 Å². The van der Waals surface area contributed by atoms with E-state index in [1.54, 1.807) is 7.11 Å². The lowest BCUT2D eigenvalue weighted by molar-refractivity contribution is 0.0663. The smallest absolute Gasteiger partial charge is 0.0900 e. The molecule has 3 aliphatic rings. The third kappa shape index (κ3) is 5.08. The molecule has 1 fully saturated rings. The SMILES string of the molecule is COC1CCC(/N=c2\cc3n(-c4ccc(Br)cc4)c4ccccc4nc-3cc2Nc2ccc(C)nc2)CC1. The molecule has 6 rings (SSSR count). The van der Waals surface area contributed by atoms with Crippen LogP contribution in [0.2, 0.25) is 0 Å². The van der Waals surface area contributed by atoms with Crippen LogP contribution in [-0.2, 0) is 4.74 Å². The van der Waals surface area contributed by atoms with Gasteiger partial charge in [0.15, 0.2) is 0 Å². The van der Waals surface area contributed by atoms with E-state index < -0.39 is 0 Å². The lowest BCUT2D eigenvalue weighted by atomic mass is 9.93. The number of hydrogen-bond acceptors (Lipinski definition) is 5. The van der Waals surface area contributed by atoms with Gasteiger partial charge in [0.2, 0.25) is 0 Å². The molecule has 38 heavy (non-hydrogen) atoms. The van der Waals surface area contributed by atoms with Crippen molar-refractivity contribution in [2.24, 2.45) is 4.99 Å². The van der Waals surface area contributed by atoms with Crippen molar-refractivity contribution in [3.05, 3.63) is 94.5 Å². The first-order valence-electron chi connectivity index (χ1n) is 13.1. The van der Waals surface area contributed by atoms with Crippen molar-refractivity contribution >= 4 is 38.3 Å². The van der Waals surface area contributed by atoms with Crippen molar-refractivity contribution in [3.63, 3.8) is 0 Å². The fourth-order valence-corrected chi connectivity index (χ4v) is 5.49. The first kappa shape index (κ1) is 24.8. The quantitative estimate of drug-likeness (QED) is 0.228. The zero-order chi connectivity index (χ0) is 26.1. The molecule has 3 aromatic rings. The Balaban J connectivity index is 1.57. The highest BCUT2D eigenvalue weighted by atomic mass is 79.9. The zero-order valence-corrected chi connectivity index (χ0v) is 23.1. The van der Waals surface area contributed by atoms with Gasteiger partial charge < -0.3 is 14.6 Å². The fourth-order valence-electron chi connectivity index (χ4n) is 5.22. The van der Waals surface area contributed by atoms with Gasteiger partial charge in [0.05, 0.1) is 57.5 Å². The molecule has 0 saturated heterocycles. The average Bonchev–Trinajstić information content (AvgIpc) is 2.94. The Bertz CT molecular complexity index is 1600. The van der Waals surface area contributed by atoms with Gasteiger partial charge in [0.1, 0.15) is 0 Å². The highest BCUT2D eigenvalue weighted by molar-refractivity contribution is 9.10. The number of fused-ring (bicyclic) bond motifs is 2. The molecule has 0 amide bonds. The van der Waals surface area contributed by atoms with E-state index in [0.29, 0.717) is 6.10 Å². The number of pyridine rings is 1. The highest BCUT2D eigenvalue weighted by Crippen LogP contribution is 2.31. The molecule has 0 radical (unpaired) electrons. The summed E-state index contributed by atoms with van der Waals surface area (Å²) in [6.07, 6.45) is 6.31. The predicted octanol–water partition coefficient (Wildman–Crippen LogP) is 7.20. The Hall–Kier alpha value is -3.55. The van der Waals surface area contributed by atoms with Gasteiger partial charge in [0, 0.05) is 23.0 Å². The topological polar surface area (TPSA) is 64.3 Å². The Morgan fingerprint density at radius 3 is 2.50 bits per heavy atom. The number of nitrogens with one attached hydrogen (secondary N) is 1. The van der Waals surface area contributed by atoms with Gasteiger partial charge in [-0.25, -0.2) is 4.98 Å². The molecule has 6 nitrogen and oxygen atoms in total. The molecule has 0 atom stereocenters. The van der Waals surface area contributed by atoms with Crippen molar-refractivity contribution in [2.45, 2.75) is 44.8 Å². The van der Waals surface area contributed by atoms with Crippen LogP contribution in [-0.4, -0.2) is 33.8 Å². The van der Waals surface area contributed by atoms with E-state index in [0.717, 1.165) is 80.7 Å². The first-order chi connectivity index (χ1) is 18.6. The maximum Gasteiger partial charge on any atom is 0.0900 e. The minimum Gasteiger partial charge on any atom is -0.381 e. The van der Waals surface area contributed by atoms with Crippen molar-refractivity contribution in [1.29, 1.82) is 0 Å². The molecule has 7 heteroatoms. The zero-order valence-electron chi connectivity index (χ0n) is 21.6. The van der Waals surface area contributed by atoms with Gasteiger partial charge in [-0.15, -0.1) is 0 Å². The lowest BCUT2D eigenvalue weighted by Gasteiger charge is -2.25. The number of rotatable bonds is 5. The van der Waals surface area contributed by atoms with Crippen LogP contribution in [0.4, 0.5) is 11.4 Å². The molecule has 1 aromatic heterocycles. The largest absolute Gasteiger partial charge is 0.381 e. The van der Waals surface area contributed by atoms with Crippen LogP contribution in [0.15, 0.2) is 88.5 Å². The van der Waals surface area contributed by atoms with Crippen LogP contribution < -0.4 is 10.7 Å². The van der Waals surface area contributed by atoms with Crippen LogP contribution >= 0.6 is 15.9 Å². The second-order valence-corrected chi connectivity index (χ2v) is 10.8. The Kier molecular flexibility index (Phi) is 6.96. The number of aromatic nitrogens is 3. The number of aryl methyl sites for hydroxylation is 1. The summed E-state index contributed by atoms with van der Waals surface area (Å²) >= 11 is 3.58. The summed E-state index contributed by atoms with van der Waals surface area (Å²) < 4.78 is 8.92. The number of para-hydroxylation sites is 2. The van der Waals surface area contributed by atoms with E-state index >= 15 is 0 Å². The number of anilines is 2. The molecule has 0 bridgehead atoms. The van der Waals surface area contributed by atoms with Crippen molar-refractivity contribution in [1.82, 2.24) is 14.5 Å². The van der Waals surface area contributed by atoms with Gasteiger partial charge in [0.25, 0.3) is 0 Å². The molecule has 0 spiro atoms. The third-order valence-electron chi connectivity index (χ3n) is 7.27. The number of methoxy groups -OCH3 is 1. The van der Waals surface area contributed by atoms with Gasteiger partial charge in [-0.1, -0.05) is 28.1 Å². The summed E-state index contributed by atoms with van der Waals surface area (Å²) in [5.74, 6) is 0. The molecule has 2 aromatic carbocycles. The standard InChI is InChI=1S/C31H30BrN5O/c1-20-7-10-23(19-33-20)35-27-17-29-31(18-28(27)34-22-11-15-25(38-2)16-12-22)37(24-13-8-21(32)9-14-24)30-6-4-3-5-26(30)36-29/h3-10,13-14,17-19,22,25,35H,11-12,15-16H2,1-2H3/b34-28+. The van der Waals surface area contributed by atoms with Gasteiger partial charge >= 0.3 is 0 Å². The summed E-state index contributed by atoms with van der Waals surface area (Å²) in [5, 5.41) is 4.51. The van der Waals surface area contributed by atoms with E-state index in [-0.39, 0.29) is 6.04 Å². The molecule has 1 saturated carbocycles. The predicted molar refractivity (Wildman–Crippen MR) is 156 cm³/mol. The number of hydrogen-bond donors (Lipinski definition) is 1. The Morgan fingerprint density at radius 2 is 1.76 bits per heavy atom. The van der Waals surface area contributed by atoms with E-state index in [4.69, 9.17) is 14.7 Å². The molecule has 2 aliphatic carbocycles. The monoisotopic (exact) mass is 567 g/mol. The summed E-state index contributed by atoms with van der Waals surface area (Å²) in [4.78, 5) is 14.8. The molecular weight excluding hydrogens is 538 g/mol. The van der Waals surface area contributed by atoms with Gasteiger partial charge in [-0.3, -0.25) is 9.98 Å². The maximum absolute atomic E-state index is 5.60. The van der Waals surface area contributed by atoms with E-state index in [1.165, 1.54) is 0 Å². The van der Waals surface area contributed by atoms with Crippen LogP contribution in [0.25, 0.3) is 28.1 Å². The second kappa shape index (κ2) is 10.7. The van der Waals surface area contributed by atoms with E-state index in [1.807, 2.05) is 25.3 Å². The summed E-state index contributed by atoms with van der Waals surface area (Å²) in [7, 11) is 1.81. The molecule has 2 heterocycles. The fraction of sp³-hybridized carbons (Fsp3) is 0.258. The Labute approximate surface area is 230 Å². The third-order valence-corrected chi connectivity index (χ3v) is 7.80. The van der Waals surface area contributed by atoms with Gasteiger partial charge in [-0.2, -0.15) is 0 Å². The molecule has 0 unspecified atom stereocenters. The van der Waals surface area contributed by atoms with Crippen LogP contribution in [0, 0.1) is 6.92 Å². The number of benzene rings is 3. The maximum atomic E-state index is 5.60. The summed E-state index contributed by atoms with van der Waals surface area (Å²) in [6, 6.07) is 25.3. The second-order valence-electron chi connectivity index (χ2n) is 9.88. The van der Waals surface area contributed by atoms with Gasteiger partial charge in [-0.05, 0) is 93.3 Å². The van der Waals surface area contributed by atoms with Crippen molar-refractivity contribution < 1.29 is 4.74 Å². The van der Waals surface area contributed by atoms with Crippen LogP contribution in [0.1, 0.15) is 31.4 Å². The Morgan fingerprint density at radius 1 is 0.974 bits per heavy atom. The van der Waals surface area contributed by atoms with Crippen LogP contribution in [0.3, 0.4) is 0 Å². The van der Waals surface area contributed by atoms with E-state index in [9.17, 15) is 0 Å². The molecule has 192 valence electrons. The highest BCUT2D eigenvalue weighted by Gasteiger charge is 2.21. The minimum absolute atomic E-state index is 0.255. The minimum atomic E-state index is 0.255. The summed E-state index contributed by atoms with van der Waals surface area (Å²) in [6.45, 7) is 1.99. The lowest BCUT2D eigenvalue weighted by Crippen LogP contribution is -2.25.